The molecule has 0 radical (unpaired) electrons. The molecule has 0 unspecified atom stereocenters. The zero-order chi connectivity index (χ0) is 14.8. The number of hydrogen-bond donors (Lipinski definition) is 2. The molecule has 5 nitrogen and oxygen atoms in total. The van der Waals surface area contributed by atoms with Gasteiger partial charge in [0.1, 0.15) is 0 Å². The van der Waals surface area contributed by atoms with Gasteiger partial charge in [-0.2, -0.15) is 0 Å². The molecule has 1 atom stereocenters. The van der Waals surface area contributed by atoms with Crippen LogP contribution in [-0.2, 0) is 4.79 Å². The van der Waals surface area contributed by atoms with Crippen molar-refractivity contribution in [3.63, 3.8) is 0 Å². The van der Waals surface area contributed by atoms with E-state index in [1.165, 1.54) is 11.3 Å². The molecular weight excluding hydrogens is 286 g/mol. The molecule has 1 fully saturated rings. The summed E-state index contributed by atoms with van der Waals surface area (Å²) in [5, 5.41) is 12.6. The molecule has 1 aromatic heterocycles. The molecule has 2 aromatic rings. The monoisotopic (exact) mass is 301 g/mol. The number of thiophene rings is 1. The van der Waals surface area contributed by atoms with Crippen molar-refractivity contribution in [3.05, 3.63) is 52.9 Å². The van der Waals surface area contributed by atoms with Gasteiger partial charge < -0.3 is 10.9 Å². The summed E-state index contributed by atoms with van der Waals surface area (Å²) in [6.45, 7) is 0. The minimum absolute atomic E-state index is 0.0532. The van der Waals surface area contributed by atoms with E-state index in [0.717, 1.165) is 17.0 Å². The Morgan fingerprint density at radius 3 is 2.76 bits per heavy atom. The second-order valence-electron chi connectivity index (χ2n) is 4.85. The Kier molecular flexibility index (Phi) is 3.62. The smallest absolute Gasteiger partial charge is 0.228 e. The van der Waals surface area contributed by atoms with Gasteiger partial charge >= 0.3 is 0 Å². The van der Waals surface area contributed by atoms with Crippen LogP contribution in [0.5, 0.6) is 0 Å². The fourth-order valence-corrected chi connectivity index (χ4v) is 3.57. The van der Waals surface area contributed by atoms with Crippen LogP contribution in [0.2, 0.25) is 0 Å². The minimum atomic E-state index is 0.0532. The molecule has 0 saturated carbocycles. The number of benzene rings is 1. The molecule has 0 aliphatic carbocycles. The van der Waals surface area contributed by atoms with Gasteiger partial charge in [0.25, 0.3) is 0 Å². The van der Waals surface area contributed by atoms with E-state index in [9.17, 15) is 4.79 Å². The van der Waals surface area contributed by atoms with Crippen molar-refractivity contribution < 1.29 is 10.0 Å². The van der Waals surface area contributed by atoms with Gasteiger partial charge in [-0.05, 0) is 24.1 Å². The molecule has 108 valence electrons. The number of amidine groups is 1. The second kappa shape index (κ2) is 5.57. The fourth-order valence-electron chi connectivity index (χ4n) is 2.60. The Morgan fingerprint density at radius 2 is 2.05 bits per heavy atom. The van der Waals surface area contributed by atoms with Crippen LogP contribution >= 0.6 is 11.3 Å². The van der Waals surface area contributed by atoms with Gasteiger partial charge in [-0.25, -0.2) is 0 Å². The zero-order valence-electron chi connectivity index (χ0n) is 11.3. The van der Waals surface area contributed by atoms with Crippen molar-refractivity contribution in [2.75, 3.05) is 4.90 Å². The summed E-state index contributed by atoms with van der Waals surface area (Å²) < 4.78 is 0. The lowest BCUT2D eigenvalue weighted by Gasteiger charge is -2.23. The Bertz CT molecular complexity index is 681. The van der Waals surface area contributed by atoms with E-state index in [2.05, 4.69) is 5.16 Å². The average molecular weight is 301 g/mol. The van der Waals surface area contributed by atoms with Gasteiger partial charge in [-0.15, -0.1) is 11.3 Å². The van der Waals surface area contributed by atoms with Crippen LogP contribution in [0.3, 0.4) is 0 Å². The van der Waals surface area contributed by atoms with Gasteiger partial charge in [0.05, 0.1) is 15.9 Å². The molecular formula is C15H15N3O2S. The Balaban J connectivity index is 1.95. The summed E-state index contributed by atoms with van der Waals surface area (Å²) in [6.07, 6.45) is 1.34. The van der Waals surface area contributed by atoms with E-state index in [1.54, 1.807) is 6.07 Å². The highest BCUT2D eigenvalue weighted by Gasteiger charge is 2.34. The lowest BCUT2D eigenvalue weighted by Crippen LogP contribution is -2.26. The molecule has 1 amide bonds. The minimum Gasteiger partial charge on any atom is -0.409 e. The lowest BCUT2D eigenvalue weighted by molar-refractivity contribution is -0.117. The van der Waals surface area contributed by atoms with Crippen LogP contribution in [0.4, 0.5) is 5.00 Å². The number of amides is 1. The van der Waals surface area contributed by atoms with Crippen LogP contribution in [0.25, 0.3) is 0 Å². The molecule has 1 aliphatic rings. The largest absolute Gasteiger partial charge is 0.409 e. The van der Waals surface area contributed by atoms with Crippen LogP contribution in [0.15, 0.2) is 47.6 Å². The van der Waals surface area contributed by atoms with Crippen molar-refractivity contribution >= 4 is 28.1 Å². The highest BCUT2D eigenvalue weighted by Crippen LogP contribution is 2.40. The lowest BCUT2D eigenvalue weighted by atomic mass is 10.1. The summed E-state index contributed by atoms with van der Waals surface area (Å²) >= 11 is 1.35. The Hall–Kier alpha value is -2.34. The van der Waals surface area contributed by atoms with Crippen LogP contribution in [-0.4, -0.2) is 17.0 Å². The third kappa shape index (κ3) is 2.50. The van der Waals surface area contributed by atoms with E-state index in [-0.39, 0.29) is 17.8 Å². The highest BCUT2D eigenvalue weighted by atomic mass is 32.1. The molecule has 1 saturated heterocycles. The van der Waals surface area contributed by atoms with E-state index < -0.39 is 0 Å². The van der Waals surface area contributed by atoms with Gasteiger partial charge in [0, 0.05) is 6.42 Å². The summed E-state index contributed by atoms with van der Waals surface area (Å²) in [4.78, 5) is 14.7. The average Bonchev–Trinajstić information content (AvgIpc) is 3.13. The third-order valence-electron chi connectivity index (χ3n) is 3.59. The van der Waals surface area contributed by atoms with E-state index in [4.69, 9.17) is 10.9 Å². The highest BCUT2D eigenvalue weighted by molar-refractivity contribution is 7.18. The van der Waals surface area contributed by atoms with Crippen molar-refractivity contribution in [2.24, 2.45) is 10.9 Å². The molecule has 3 rings (SSSR count). The number of oxime groups is 1. The van der Waals surface area contributed by atoms with Crippen molar-refractivity contribution in [2.45, 2.75) is 18.9 Å². The van der Waals surface area contributed by atoms with Crippen molar-refractivity contribution in [1.29, 1.82) is 0 Å². The molecule has 1 aromatic carbocycles. The first kappa shape index (κ1) is 13.6. The number of hydrogen-bond acceptors (Lipinski definition) is 4. The van der Waals surface area contributed by atoms with Gasteiger partial charge in [-0.1, -0.05) is 35.5 Å². The maximum Gasteiger partial charge on any atom is 0.228 e. The van der Waals surface area contributed by atoms with E-state index in [1.807, 2.05) is 41.3 Å². The quantitative estimate of drug-likeness (QED) is 0.396. The number of nitrogens with two attached hydrogens (primary N) is 1. The molecule has 6 heteroatoms. The second-order valence-corrected chi connectivity index (χ2v) is 5.91. The summed E-state index contributed by atoms with van der Waals surface area (Å²) in [5.74, 6) is 0.172. The Labute approximate surface area is 126 Å². The summed E-state index contributed by atoms with van der Waals surface area (Å²) in [7, 11) is 0. The molecule has 21 heavy (non-hydrogen) atoms. The SMILES string of the molecule is NC(=NO)c1ccc(N2C(=O)CC[C@H]2c2ccccc2)s1. The summed E-state index contributed by atoms with van der Waals surface area (Å²) in [5.41, 5.74) is 6.72. The van der Waals surface area contributed by atoms with Crippen LogP contribution in [0.1, 0.15) is 29.3 Å². The van der Waals surface area contributed by atoms with Crippen molar-refractivity contribution in [3.8, 4) is 0 Å². The topological polar surface area (TPSA) is 78.9 Å². The van der Waals surface area contributed by atoms with Crippen LogP contribution < -0.4 is 10.6 Å². The predicted octanol–water partition coefficient (Wildman–Crippen LogP) is 2.71. The summed E-state index contributed by atoms with van der Waals surface area (Å²) in [6, 6.07) is 13.7. The van der Waals surface area contributed by atoms with E-state index >= 15 is 0 Å². The first-order chi connectivity index (χ1) is 10.2. The number of anilines is 1. The molecule has 2 heterocycles. The molecule has 3 N–H and O–H groups in total. The van der Waals surface area contributed by atoms with Gasteiger partial charge in [-0.3, -0.25) is 9.69 Å². The van der Waals surface area contributed by atoms with Crippen LogP contribution in [0, 0.1) is 0 Å². The maximum atomic E-state index is 12.2. The van der Waals surface area contributed by atoms with Gasteiger partial charge in [0.15, 0.2) is 5.84 Å². The normalized spacial score (nSPS) is 19.2. The predicted molar refractivity (Wildman–Crippen MR) is 82.7 cm³/mol. The number of nitrogens with zero attached hydrogens (tertiary/aromatic N) is 2. The number of carbonyl (C=O) groups excluding carboxylic acids is 1. The zero-order valence-corrected chi connectivity index (χ0v) is 12.1. The van der Waals surface area contributed by atoms with Crippen molar-refractivity contribution in [1.82, 2.24) is 0 Å². The third-order valence-corrected chi connectivity index (χ3v) is 4.69. The molecule has 0 bridgehead atoms. The Morgan fingerprint density at radius 1 is 1.29 bits per heavy atom. The van der Waals surface area contributed by atoms with E-state index in [0.29, 0.717) is 11.3 Å². The molecule has 1 aliphatic heterocycles. The fraction of sp³-hybridized carbons (Fsp3) is 0.200. The first-order valence-corrected chi connectivity index (χ1v) is 7.47. The van der Waals surface area contributed by atoms with Gasteiger partial charge in [0.2, 0.25) is 5.91 Å². The first-order valence-electron chi connectivity index (χ1n) is 6.65. The standard InChI is InChI=1S/C15H15N3O2S/c16-15(17-20)12-7-9-14(21-12)18-11(6-8-13(18)19)10-4-2-1-3-5-10/h1-5,7,9,11,20H,6,8H2,(H2,16,17)/t11-/m0/s1. The molecule has 0 spiro atoms. The number of carbonyl (C=O) groups is 1. The number of rotatable bonds is 3. The maximum absolute atomic E-state index is 12.2.